The van der Waals surface area contributed by atoms with Gasteiger partial charge in [-0.05, 0) is 25.2 Å². The summed E-state index contributed by atoms with van der Waals surface area (Å²) in [5, 5.41) is 0. The molecule has 0 spiro atoms. The van der Waals surface area contributed by atoms with Crippen LogP contribution in [0.5, 0.6) is 0 Å². The van der Waals surface area contributed by atoms with Gasteiger partial charge in [0.15, 0.2) is 9.84 Å². The van der Waals surface area contributed by atoms with Crippen molar-refractivity contribution in [3.8, 4) is 0 Å². The Morgan fingerprint density at radius 2 is 1.94 bits per heavy atom. The van der Waals surface area contributed by atoms with Crippen LogP contribution in [0.25, 0.3) is 0 Å². The molecule has 4 heteroatoms. The summed E-state index contributed by atoms with van der Waals surface area (Å²) in [6.45, 7) is 2.21. The Labute approximate surface area is 106 Å². The molecule has 3 nitrogen and oxygen atoms in total. The number of rotatable bonds is 8. The summed E-state index contributed by atoms with van der Waals surface area (Å²) in [7, 11) is -2.73. The minimum absolute atomic E-state index is 0.204. The summed E-state index contributed by atoms with van der Waals surface area (Å²) in [5.41, 5.74) is 6.06. The largest absolute Gasteiger partial charge is 0.328 e. The number of nitrogens with two attached hydrogens (primary N) is 1. The molecule has 1 fully saturated rings. The van der Waals surface area contributed by atoms with E-state index in [1.54, 1.807) is 0 Å². The first kappa shape index (κ1) is 15.0. The zero-order valence-electron chi connectivity index (χ0n) is 11.0. The van der Waals surface area contributed by atoms with Crippen LogP contribution in [-0.4, -0.2) is 26.0 Å². The van der Waals surface area contributed by atoms with Crippen molar-refractivity contribution in [1.82, 2.24) is 0 Å². The van der Waals surface area contributed by atoms with E-state index in [1.165, 1.54) is 32.1 Å². The summed E-state index contributed by atoms with van der Waals surface area (Å²) < 4.78 is 22.6. The second kappa shape index (κ2) is 7.37. The first-order valence-corrected chi connectivity index (χ1v) is 8.81. The molecule has 1 heterocycles. The molecule has 1 saturated heterocycles. The van der Waals surface area contributed by atoms with Crippen LogP contribution in [0.1, 0.15) is 58.3 Å². The quantitative estimate of drug-likeness (QED) is 0.683. The third-order valence-corrected chi connectivity index (χ3v) is 5.48. The smallest absolute Gasteiger partial charge is 0.150 e. The zero-order valence-corrected chi connectivity index (χ0v) is 11.8. The molecule has 2 unspecified atom stereocenters. The third kappa shape index (κ3) is 6.41. The average Bonchev–Trinajstić information content (AvgIpc) is 2.57. The molecule has 17 heavy (non-hydrogen) atoms. The van der Waals surface area contributed by atoms with Gasteiger partial charge in [0.2, 0.25) is 0 Å². The molecular formula is C13H27NO2S. The molecule has 1 aliphatic heterocycles. The lowest BCUT2D eigenvalue weighted by Gasteiger charge is -2.15. The van der Waals surface area contributed by atoms with Crippen molar-refractivity contribution >= 4 is 9.84 Å². The maximum Gasteiger partial charge on any atom is 0.150 e. The lowest BCUT2D eigenvalue weighted by atomic mass is 9.96. The van der Waals surface area contributed by atoms with Gasteiger partial charge < -0.3 is 5.73 Å². The monoisotopic (exact) mass is 261 g/mol. The Hall–Kier alpha value is -0.0900. The summed E-state index contributed by atoms with van der Waals surface area (Å²) in [5.74, 6) is 1.07. The SMILES string of the molecule is CCCCCCCC(N)CC1CCS(=O)(=O)C1. The van der Waals surface area contributed by atoms with Crippen LogP contribution < -0.4 is 5.73 Å². The minimum Gasteiger partial charge on any atom is -0.328 e. The second-order valence-electron chi connectivity index (χ2n) is 5.47. The van der Waals surface area contributed by atoms with Crippen molar-refractivity contribution in [2.24, 2.45) is 11.7 Å². The summed E-state index contributed by atoms with van der Waals surface area (Å²) >= 11 is 0. The van der Waals surface area contributed by atoms with E-state index in [9.17, 15) is 8.42 Å². The highest BCUT2D eigenvalue weighted by Crippen LogP contribution is 2.23. The van der Waals surface area contributed by atoms with Crippen molar-refractivity contribution < 1.29 is 8.42 Å². The summed E-state index contributed by atoms with van der Waals surface area (Å²) in [6, 6.07) is 0.204. The van der Waals surface area contributed by atoms with E-state index in [2.05, 4.69) is 6.92 Å². The number of hydrogen-bond donors (Lipinski definition) is 1. The van der Waals surface area contributed by atoms with Crippen LogP contribution in [0.15, 0.2) is 0 Å². The Balaban J connectivity index is 2.07. The number of hydrogen-bond acceptors (Lipinski definition) is 3. The fourth-order valence-electron chi connectivity index (χ4n) is 2.61. The molecule has 102 valence electrons. The van der Waals surface area contributed by atoms with Crippen LogP contribution in [0.4, 0.5) is 0 Å². The molecule has 0 aromatic rings. The highest BCUT2D eigenvalue weighted by Gasteiger charge is 2.28. The first-order chi connectivity index (χ1) is 8.03. The molecule has 0 aliphatic carbocycles. The van der Waals surface area contributed by atoms with Gasteiger partial charge in [-0.15, -0.1) is 0 Å². The topological polar surface area (TPSA) is 60.2 Å². The van der Waals surface area contributed by atoms with Gasteiger partial charge in [0.25, 0.3) is 0 Å². The van der Waals surface area contributed by atoms with Gasteiger partial charge >= 0.3 is 0 Å². The van der Waals surface area contributed by atoms with Crippen molar-refractivity contribution in [3.63, 3.8) is 0 Å². The second-order valence-corrected chi connectivity index (χ2v) is 7.70. The fraction of sp³-hybridized carbons (Fsp3) is 1.00. The third-order valence-electron chi connectivity index (χ3n) is 3.64. The van der Waals surface area contributed by atoms with Gasteiger partial charge in [-0.1, -0.05) is 39.0 Å². The fourth-order valence-corrected chi connectivity index (χ4v) is 4.49. The van der Waals surface area contributed by atoms with Crippen molar-refractivity contribution in [1.29, 1.82) is 0 Å². The lowest BCUT2D eigenvalue weighted by Crippen LogP contribution is -2.24. The Kier molecular flexibility index (Phi) is 6.49. The van der Waals surface area contributed by atoms with Crippen LogP contribution in [0.2, 0.25) is 0 Å². The van der Waals surface area contributed by atoms with Crippen LogP contribution in [-0.2, 0) is 9.84 Å². The minimum atomic E-state index is -2.73. The zero-order chi connectivity index (χ0) is 12.7. The van der Waals surface area contributed by atoms with Gasteiger partial charge in [-0.25, -0.2) is 8.42 Å². The van der Waals surface area contributed by atoms with E-state index in [-0.39, 0.29) is 6.04 Å². The highest BCUT2D eigenvalue weighted by molar-refractivity contribution is 7.91. The molecule has 0 bridgehead atoms. The summed E-state index contributed by atoms with van der Waals surface area (Å²) in [4.78, 5) is 0. The van der Waals surface area contributed by atoms with E-state index in [0.29, 0.717) is 17.4 Å². The van der Waals surface area contributed by atoms with E-state index in [0.717, 1.165) is 19.3 Å². The maximum absolute atomic E-state index is 11.3. The molecule has 0 amide bonds. The molecule has 2 N–H and O–H groups in total. The standard InChI is InChI=1S/C13H27NO2S/c1-2-3-4-5-6-7-13(14)10-12-8-9-17(15,16)11-12/h12-13H,2-11,14H2,1H3. The Bertz CT molecular complexity index is 301. The molecule has 0 aromatic carbocycles. The Morgan fingerprint density at radius 3 is 2.53 bits per heavy atom. The van der Waals surface area contributed by atoms with Crippen LogP contribution >= 0.6 is 0 Å². The van der Waals surface area contributed by atoms with Gasteiger partial charge in [0, 0.05) is 6.04 Å². The van der Waals surface area contributed by atoms with Gasteiger partial charge in [0.1, 0.15) is 0 Å². The van der Waals surface area contributed by atoms with Crippen LogP contribution in [0.3, 0.4) is 0 Å². The highest BCUT2D eigenvalue weighted by atomic mass is 32.2. The van der Waals surface area contributed by atoms with E-state index in [1.807, 2.05) is 0 Å². The van der Waals surface area contributed by atoms with Crippen LogP contribution in [0, 0.1) is 5.92 Å². The van der Waals surface area contributed by atoms with Crippen molar-refractivity contribution in [2.75, 3.05) is 11.5 Å². The molecule has 0 radical (unpaired) electrons. The average molecular weight is 261 g/mol. The first-order valence-electron chi connectivity index (χ1n) is 6.99. The predicted octanol–water partition coefficient (Wildman–Crippen LogP) is 2.50. The van der Waals surface area contributed by atoms with Crippen molar-refractivity contribution in [3.05, 3.63) is 0 Å². The van der Waals surface area contributed by atoms with Gasteiger partial charge in [0.05, 0.1) is 11.5 Å². The van der Waals surface area contributed by atoms with Gasteiger partial charge in [-0.3, -0.25) is 0 Å². The summed E-state index contributed by atoms with van der Waals surface area (Å²) in [6.07, 6.45) is 9.13. The van der Waals surface area contributed by atoms with Gasteiger partial charge in [-0.2, -0.15) is 0 Å². The Morgan fingerprint density at radius 1 is 1.24 bits per heavy atom. The molecule has 1 aliphatic rings. The molecule has 1 rings (SSSR count). The molecule has 0 aromatic heterocycles. The van der Waals surface area contributed by atoms with E-state index in [4.69, 9.17) is 5.73 Å². The number of unbranched alkanes of at least 4 members (excludes halogenated alkanes) is 4. The molecule has 0 saturated carbocycles. The molecule has 2 atom stereocenters. The lowest BCUT2D eigenvalue weighted by molar-refractivity contribution is 0.436. The van der Waals surface area contributed by atoms with E-state index < -0.39 is 9.84 Å². The normalized spacial score (nSPS) is 24.9. The van der Waals surface area contributed by atoms with Crippen molar-refractivity contribution in [2.45, 2.75) is 64.3 Å². The number of sulfone groups is 1. The van der Waals surface area contributed by atoms with E-state index >= 15 is 0 Å². The maximum atomic E-state index is 11.3. The molecular weight excluding hydrogens is 234 g/mol. The predicted molar refractivity (Wildman–Crippen MR) is 72.7 cm³/mol.